The molecule has 0 aliphatic rings. The molecule has 0 unspecified atom stereocenters. The SMILES string of the molecule is CC.Cc1ccc2ccoc2n1. The van der Waals surface area contributed by atoms with Crippen LogP contribution in [0.1, 0.15) is 19.5 Å². The molecule has 0 aliphatic heterocycles. The van der Waals surface area contributed by atoms with Crippen LogP contribution in [-0.2, 0) is 0 Å². The number of fused-ring (bicyclic) bond motifs is 1. The minimum Gasteiger partial charge on any atom is -0.446 e. The normalized spacial score (nSPS) is 9.25. The highest BCUT2D eigenvalue weighted by Gasteiger charge is 1.95. The van der Waals surface area contributed by atoms with Crippen LogP contribution in [-0.4, -0.2) is 4.98 Å². The first kappa shape index (κ1) is 8.78. The van der Waals surface area contributed by atoms with Crippen LogP contribution in [0.5, 0.6) is 0 Å². The summed E-state index contributed by atoms with van der Waals surface area (Å²) < 4.78 is 5.09. The molecule has 0 amide bonds. The maximum absolute atomic E-state index is 5.09. The van der Waals surface area contributed by atoms with Crippen molar-refractivity contribution in [2.75, 3.05) is 0 Å². The van der Waals surface area contributed by atoms with E-state index in [9.17, 15) is 0 Å². The number of hydrogen-bond acceptors (Lipinski definition) is 2. The van der Waals surface area contributed by atoms with E-state index in [0.717, 1.165) is 16.8 Å². The van der Waals surface area contributed by atoms with Crippen molar-refractivity contribution in [3.63, 3.8) is 0 Å². The fourth-order valence-electron chi connectivity index (χ4n) is 0.937. The molecule has 0 radical (unpaired) electrons. The molecular formula is C10H13NO. The summed E-state index contributed by atoms with van der Waals surface area (Å²) >= 11 is 0. The van der Waals surface area contributed by atoms with E-state index in [2.05, 4.69) is 4.98 Å². The Morgan fingerprint density at radius 2 is 1.92 bits per heavy atom. The number of pyridine rings is 1. The number of aromatic nitrogens is 1. The molecule has 0 spiro atoms. The van der Waals surface area contributed by atoms with Crippen LogP contribution in [0.25, 0.3) is 11.1 Å². The lowest BCUT2D eigenvalue weighted by molar-refractivity contribution is 0.602. The van der Waals surface area contributed by atoms with Crippen molar-refractivity contribution in [3.8, 4) is 0 Å². The molecule has 2 heteroatoms. The first-order valence-corrected chi connectivity index (χ1v) is 4.17. The van der Waals surface area contributed by atoms with Gasteiger partial charge in [0, 0.05) is 11.1 Å². The summed E-state index contributed by atoms with van der Waals surface area (Å²) in [5, 5.41) is 1.06. The molecule has 2 aromatic heterocycles. The third-order valence-corrected chi connectivity index (χ3v) is 1.46. The van der Waals surface area contributed by atoms with E-state index >= 15 is 0 Å². The molecule has 0 fully saturated rings. The molecule has 0 atom stereocenters. The lowest BCUT2D eigenvalue weighted by Crippen LogP contribution is -1.76. The molecule has 2 rings (SSSR count). The molecule has 0 aromatic carbocycles. The molecule has 2 aromatic rings. The molecule has 0 aliphatic carbocycles. The number of furan rings is 1. The summed E-state index contributed by atoms with van der Waals surface area (Å²) in [7, 11) is 0. The third-order valence-electron chi connectivity index (χ3n) is 1.46. The van der Waals surface area contributed by atoms with Crippen molar-refractivity contribution >= 4 is 11.1 Å². The topological polar surface area (TPSA) is 26.0 Å². The largest absolute Gasteiger partial charge is 0.446 e. The molecule has 12 heavy (non-hydrogen) atoms. The Hall–Kier alpha value is -1.31. The first-order chi connectivity index (χ1) is 5.86. The van der Waals surface area contributed by atoms with Crippen LogP contribution in [0, 0.1) is 6.92 Å². The third kappa shape index (κ3) is 1.64. The Labute approximate surface area is 72.2 Å². The second-order valence-electron chi connectivity index (χ2n) is 2.27. The van der Waals surface area contributed by atoms with E-state index in [1.165, 1.54) is 0 Å². The van der Waals surface area contributed by atoms with E-state index in [1.807, 2.05) is 39.0 Å². The number of hydrogen-bond donors (Lipinski definition) is 0. The van der Waals surface area contributed by atoms with Crippen molar-refractivity contribution in [3.05, 3.63) is 30.2 Å². The van der Waals surface area contributed by atoms with E-state index in [1.54, 1.807) is 6.26 Å². The van der Waals surface area contributed by atoms with Gasteiger partial charge in [-0.05, 0) is 25.1 Å². The second-order valence-corrected chi connectivity index (χ2v) is 2.27. The maximum Gasteiger partial charge on any atom is 0.226 e. The van der Waals surface area contributed by atoms with Crippen molar-refractivity contribution in [2.45, 2.75) is 20.8 Å². The summed E-state index contributed by atoms with van der Waals surface area (Å²) in [6.45, 7) is 5.95. The van der Waals surface area contributed by atoms with E-state index in [0.29, 0.717) is 0 Å². The first-order valence-electron chi connectivity index (χ1n) is 4.17. The van der Waals surface area contributed by atoms with Crippen molar-refractivity contribution in [2.24, 2.45) is 0 Å². The van der Waals surface area contributed by atoms with E-state index in [4.69, 9.17) is 4.42 Å². The smallest absolute Gasteiger partial charge is 0.226 e. The van der Waals surface area contributed by atoms with E-state index in [-0.39, 0.29) is 0 Å². The lowest BCUT2D eigenvalue weighted by atomic mass is 10.3. The summed E-state index contributed by atoms with van der Waals surface area (Å²) in [4.78, 5) is 4.17. The number of aryl methyl sites for hydroxylation is 1. The molecule has 2 heterocycles. The highest BCUT2D eigenvalue weighted by atomic mass is 16.3. The van der Waals surface area contributed by atoms with Gasteiger partial charge in [-0.3, -0.25) is 0 Å². The monoisotopic (exact) mass is 163 g/mol. The van der Waals surface area contributed by atoms with Gasteiger partial charge in [0.15, 0.2) is 0 Å². The molecule has 0 N–H and O–H groups in total. The van der Waals surface area contributed by atoms with Crippen LogP contribution in [0.2, 0.25) is 0 Å². The van der Waals surface area contributed by atoms with Crippen LogP contribution < -0.4 is 0 Å². The Kier molecular flexibility index (Phi) is 2.86. The fourth-order valence-corrected chi connectivity index (χ4v) is 0.937. The number of rotatable bonds is 0. The van der Waals surface area contributed by atoms with Gasteiger partial charge < -0.3 is 4.42 Å². The average Bonchev–Trinajstić information content (AvgIpc) is 2.54. The van der Waals surface area contributed by atoms with Crippen LogP contribution >= 0.6 is 0 Å². The van der Waals surface area contributed by atoms with Gasteiger partial charge in [-0.2, -0.15) is 0 Å². The van der Waals surface area contributed by atoms with Crippen molar-refractivity contribution in [1.82, 2.24) is 4.98 Å². The molecule has 2 nitrogen and oxygen atoms in total. The Morgan fingerprint density at radius 3 is 2.67 bits per heavy atom. The predicted molar refractivity (Wildman–Crippen MR) is 50.1 cm³/mol. The van der Waals surface area contributed by atoms with Gasteiger partial charge in [-0.25, -0.2) is 4.98 Å². The second kappa shape index (κ2) is 3.90. The quantitative estimate of drug-likeness (QED) is 0.596. The Morgan fingerprint density at radius 1 is 1.17 bits per heavy atom. The summed E-state index contributed by atoms with van der Waals surface area (Å²) in [6, 6.07) is 5.88. The van der Waals surface area contributed by atoms with Gasteiger partial charge in [0.05, 0.1) is 6.26 Å². The highest BCUT2D eigenvalue weighted by Crippen LogP contribution is 2.11. The van der Waals surface area contributed by atoms with Gasteiger partial charge in [-0.1, -0.05) is 13.8 Å². The van der Waals surface area contributed by atoms with Gasteiger partial charge in [0.1, 0.15) is 0 Å². The van der Waals surface area contributed by atoms with Crippen molar-refractivity contribution in [1.29, 1.82) is 0 Å². The molecule has 0 saturated heterocycles. The summed E-state index contributed by atoms with van der Waals surface area (Å²) in [5.74, 6) is 0. The summed E-state index contributed by atoms with van der Waals surface area (Å²) in [6.07, 6.45) is 1.65. The zero-order chi connectivity index (χ0) is 8.97. The predicted octanol–water partition coefficient (Wildman–Crippen LogP) is 3.16. The molecular weight excluding hydrogens is 150 g/mol. The minimum absolute atomic E-state index is 0.722. The Balaban J connectivity index is 0.000000336. The van der Waals surface area contributed by atoms with Crippen LogP contribution in [0.15, 0.2) is 28.9 Å². The standard InChI is InChI=1S/C8H7NO.C2H6/c1-6-2-3-7-4-5-10-8(7)9-6;1-2/h2-5H,1H3;1-2H3. The van der Waals surface area contributed by atoms with Crippen LogP contribution in [0.4, 0.5) is 0 Å². The zero-order valence-electron chi connectivity index (χ0n) is 7.66. The number of nitrogens with zero attached hydrogens (tertiary/aromatic N) is 1. The fraction of sp³-hybridized carbons (Fsp3) is 0.300. The Bertz CT molecular complexity index is 351. The highest BCUT2D eigenvalue weighted by molar-refractivity contribution is 5.72. The lowest BCUT2D eigenvalue weighted by Gasteiger charge is -1.88. The molecule has 0 saturated carbocycles. The zero-order valence-corrected chi connectivity index (χ0v) is 7.66. The average molecular weight is 163 g/mol. The van der Waals surface area contributed by atoms with Gasteiger partial charge in [0.2, 0.25) is 5.71 Å². The molecule has 0 bridgehead atoms. The van der Waals surface area contributed by atoms with Crippen molar-refractivity contribution < 1.29 is 4.42 Å². The van der Waals surface area contributed by atoms with Gasteiger partial charge in [0.25, 0.3) is 0 Å². The maximum atomic E-state index is 5.09. The molecule has 64 valence electrons. The minimum atomic E-state index is 0.722. The van der Waals surface area contributed by atoms with Gasteiger partial charge >= 0.3 is 0 Å². The van der Waals surface area contributed by atoms with Gasteiger partial charge in [-0.15, -0.1) is 0 Å². The summed E-state index contributed by atoms with van der Waals surface area (Å²) in [5.41, 5.74) is 1.71. The van der Waals surface area contributed by atoms with Crippen LogP contribution in [0.3, 0.4) is 0 Å². The van der Waals surface area contributed by atoms with E-state index < -0.39 is 0 Å².